The van der Waals surface area contributed by atoms with Crippen LogP contribution >= 0.6 is 0 Å². The quantitative estimate of drug-likeness (QED) is 0.625. The lowest BCUT2D eigenvalue weighted by Gasteiger charge is -2.04. The Morgan fingerprint density at radius 3 is 2.26 bits per heavy atom. The van der Waals surface area contributed by atoms with Crippen molar-refractivity contribution >= 4 is 17.1 Å². The number of anilines is 1. The van der Waals surface area contributed by atoms with Gasteiger partial charge in [0.1, 0.15) is 11.4 Å². The number of phenolic OH excluding ortho intramolecular Hbond substituents is 1. The van der Waals surface area contributed by atoms with Crippen LogP contribution in [-0.2, 0) is 0 Å². The van der Waals surface area contributed by atoms with Crippen molar-refractivity contribution in [2.45, 2.75) is 19.8 Å². The van der Waals surface area contributed by atoms with Gasteiger partial charge in [-0.2, -0.15) is 5.11 Å². The van der Waals surface area contributed by atoms with E-state index >= 15 is 0 Å². The molecule has 4 nitrogen and oxygen atoms in total. The normalized spacial score (nSPS) is 11.3. The molecule has 0 fully saturated rings. The topological polar surface area (TPSA) is 71.0 Å². The van der Waals surface area contributed by atoms with Crippen molar-refractivity contribution in [2.24, 2.45) is 10.2 Å². The maximum absolute atomic E-state index is 9.65. The molecule has 2 rings (SSSR count). The van der Waals surface area contributed by atoms with Crippen LogP contribution in [0.3, 0.4) is 0 Å². The Morgan fingerprint density at radius 1 is 1.00 bits per heavy atom. The third-order valence-electron chi connectivity index (χ3n) is 2.83. The average Bonchev–Trinajstić information content (AvgIpc) is 2.38. The van der Waals surface area contributed by atoms with Crippen LogP contribution in [0.1, 0.15) is 25.3 Å². The summed E-state index contributed by atoms with van der Waals surface area (Å²) in [6.07, 6.45) is 0. The maximum Gasteiger partial charge on any atom is 0.145 e. The molecule has 3 N–H and O–H groups in total. The molecule has 0 amide bonds. The van der Waals surface area contributed by atoms with Crippen LogP contribution in [0.4, 0.5) is 17.1 Å². The number of nitrogens with zero attached hydrogens (tertiary/aromatic N) is 2. The molecule has 0 saturated heterocycles. The number of phenols is 1. The standard InChI is InChI=1S/C15H17N3O/c1-10(2)11-3-6-13(7-4-11)17-18-14-8-5-12(16)9-15(14)19/h3-10,19H,16H2,1-2H3. The first-order chi connectivity index (χ1) is 9.06. The minimum absolute atomic E-state index is 0.0301. The van der Waals surface area contributed by atoms with Crippen LogP contribution in [0.25, 0.3) is 0 Å². The molecule has 4 heteroatoms. The van der Waals surface area contributed by atoms with Gasteiger partial charge < -0.3 is 10.8 Å². The molecule has 0 unspecified atom stereocenters. The summed E-state index contributed by atoms with van der Waals surface area (Å²) in [6.45, 7) is 4.28. The summed E-state index contributed by atoms with van der Waals surface area (Å²) >= 11 is 0. The lowest BCUT2D eigenvalue weighted by atomic mass is 10.0. The Morgan fingerprint density at radius 2 is 1.68 bits per heavy atom. The van der Waals surface area contributed by atoms with Crippen molar-refractivity contribution in [3.63, 3.8) is 0 Å². The summed E-state index contributed by atoms with van der Waals surface area (Å²) in [7, 11) is 0. The zero-order chi connectivity index (χ0) is 13.8. The number of hydrogen-bond acceptors (Lipinski definition) is 4. The first-order valence-electron chi connectivity index (χ1n) is 6.16. The van der Waals surface area contributed by atoms with E-state index in [1.807, 2.05) is 24.3 Å². The van der Waals surface area contributed by atoms with Gasteiger partial charge >= 0.3 is 0 Å². The van der Waals surface area contributed by atoms with Gasteiger partial charge in [-0.25, -0.2) is 0 Å². The third-order valence-corrected chi connectivity index (χ3v) is 2.83. The minimum Gasteiger partial charge on any atom is -0.506 e. The molecule has 0 aliphatic carbocycles. The molecule has 98 valence electrons. The summed E-state index contributed by atoms with van der Waals surface area (Å²) < 4.78 is 0. The molecule has 0 aliphatic heterocycles. The fourth-order valence-corrected chi connectivity index (χ4v) is 1.66. The van der Waals surface area contributed by atoms with E-state index in [1.54, 1.807) is 12.1 Å². The van der Waals surface area contributed by atoms with Crippen LogP contribution in [0.2, 0.25) is 0 Å². The second-order valence-corrected chi connectivity index (χ2v) is 4.69. The summed E-state index contributed by atoms with van der Waals surface area (Å²) in [6, 6.07) is 12.6. The second kappa shape index (κ2) is 5.52. The highest BCUT2D eigenvalue weighted by Gasteiger charge is 2.01. The van der Waals surface area contributed by atoms with Crippen LogP contribution in [0, 0.1) is 0 Å². The SMILES string of the molecule is CC(C)c1ccc(N=Nc2ccc(N)cc2O)cc1. The lowest BCUT2D eigenvalue weighted by molar-refractivity contribution is 0.476. The lowest BCUT2D eigenvalue weighted by Crippen LogP contribution is -1.84. The molecule has 0 radical (unpaired) electrons. The molecule has 0 aliphatic rings. The van der Waals surface area contributed by atoms with Crippen molar-refractivity contribution in [1.29, 1.82) is 0 Å². The van der Waals surface area contributed by atoms with E-state index in [-0.39, 0.29) is 5.75 Å². The fourth-order valence-electron chi connectivity index (χ4n) is 1.66. The van der Waals surface area contributed by atoms with Gasteiger partial charge in [-0.05, 0) is 35.7 Å². The molecule has 0 spiro atoms. The Labute approximate surface area is 112 Å². The Hall–Kier alpha value is -2.36. The highest BCUT2D eigenvalue weighted by molar-refractivity contribution is 5.58. The molecule has 19 heavy (non-hydrogen) atoms. The van der Waals surface area contributed by atoms with Crippen molar-refractivity contribution in [1.82, 2.24) is 0 Å². The van der Waals surface area contributed by atoms with Gasteiger partial charge in [-0.1, -0.05) is 26.0 Å². The van der Waals surface area contributed by atoms with E-state index in [0.717, 1.165) is 5.69 Å². The molecule has 0 atom stereocenters. The number of nitrogen functional groups attached to an aromatic ring is 1. The Kier molecular flexibility index (Phi) is 3.80. The van der Waals surface area contributed by atoms with Crippen LogP contribution in [-0.4, -0.2) is 5.11 Å². The van der Waals surface area contributed by atoms with Gasteiger partial charge in [0.15, 0.2) is 0 Å². The predicted molar refractivity (Wildman–Crippen MR) is 77.2 cm³/mol. The van der Waals surface area contributed by atoms with Crippen molar-refractivity contribution < 1.29 is 5.11 Å². The van der Waals surface area contributed by atoms with Crippen molar-refractivity contribution in [3.05, 3.63) is 48.0 Å². The molecule has 2 aromatic carbocycles. The van der Waals surface area contributed by atoms with E-state index in [9.17, 15) is 5.11 Å². The molecule has 0 saturated carbocycles. The predicted octanol–water partition coefficient (Wildman–Crippen LogP) is 4.51. The second-order valence-electron chi connectivity index (χ2n) is 4.69. The first kappa shape index (κ1) is 13.1. The Bertz CT molecular complexity index is 589. The zero-order valence-electron chi connectivity index (χ0n) is 11.0. The maximum atomic E-state index is 9.65. The molecule has 0 heterocycles. The largest absolute Gasteiger partial charge is 0.506 e. The van der Waals surface area contributed by atoms with Crippen LogP contribution in [0.5, 0.6) is 5.75 Å². The average molecular weight is 255 g/mol. The zero-order valence-corrected chi connectivity index (χ0v) is 11.0. The minimum atomic E-state index is 0.0301. The monoisotopic (exact) mass is 255 g/mol. The summed E-state index contributed by atoms with van der Waals surface area (Å²) in [5.74, 6) is 0.523. The van der Waals surface area contributed by atoms with E-state index in [2.05, 4.69) is 24.1 Å². The summed E-state index contributed by atoms with van der Waals surface area (Å²) in [4.78, 5) is 0. The van der Waals surface area contributed by atoms with Gasteiger partial charge in [0, 0.05) is 11.8 Å². The van der Waals surface area contributed by atoms with Crippen molar-refractivity contribution in [3.8, 4) is 5.75 Å². The molecule has 0 aromatic heterocycles. The van der Waals surface area contributed by atoms with Gasteiger partial charge in [-0.15, -0.1) is 5.11 Å². The van der Waals surface area contributed by atoms with Gasteiger partial charge in [0.05, 0.1) is 5.69 Å². The number of aromatic hydroxyl groups is 1. The number of rotatable bonds is 3. The number of nitrogens with two attached hydrogens (primary N) is 1. The first-order valence-corrected chi connectivity index (χ1v) is 6.16. The highest BCUT2D eigenvalue weighted by Crippen LogP contribution is 2.30. The number of hydrogen-bond donors (Lipinski definition) is 2. The van der Waals surface area contributed by atoms with Crippen LogP contribution < -0.4 is 5.73 Å². The number of azo groups is 1. The van der Waals surface area contributed by atoms with Gasteiger partial charge in [-0.3, -0.25) is 0 Å². The number of benzene rings is 2. The molecular weight excluding hydrogens is 238 g/mol. The van der Waals surface area contributed by atoms with E-state index < -0.39 is 0 Å². The Balaban J connectivity index is 2.18. The van der Waals surface area contributed by atoms with E-state index in [4.69, 9.17) is 5.73 Å². The summed E-state index contributed by atoms with van der Waals surface area (Å²) in [5, 5.41) is 17.8. The fraction of sp³-hybridized carbons (Fsp3) is 0.200. The van der Waals surface area contributed by atoms with E-state index in [0.29, 0.717) is 17.3 Å². The molecular formula is C15H17N3O. The highest BCUT2D eigenvalue weighted by atomic mass is 16.3. The summed E-state index contributed by atoms with van der Waals surface area (Å²) in [5.41, 5.74) is 8.46. The molecule has 0 bridgehead atoms. The van der Waals surface area contributed by atoms with E-state index in [1.165, 1.54) is 11.6 Å². The smallest absolute Gasteiger partial charge is 0.145 e. The molecule has 2 aromatic rings. The van der Waals surface area contributed by atoms with Gasteiger partial charge in [0.2, 0.25) is 0 Å². The van der Waals surface area contributed by atoms with Crippen molar-refractivity contribution in [2.75, 3.05) is 5.73 Å². The van der Waals surface area contributed by atoms with Crippen LogP contribution in [0.15, 0.2) is 52.7 Å². The third kappa shape index (κ3) is 3.31. The van der Waals surface area contributed by atoms with Gasteiger partial charge in [0.25, 0.3) is 0 Å².